The first-order valence-electron chi connectivity index (χ1n) is 4.81. The molecule has 1 unspecified atom stereocenters. The van der Waals surface area contributed by atoms with Crippen LogP contribution in [0.5, 0.6) is 5.75 Å². The van der Waals surface area contributed by atoms with Crippen molar-refractivity contribution in [1.82, 2.24) is 0 Å². The van der Waals surface area contributed by atoms with E-state index < -0.39 is 6.10 Å². The Labute approximate surface area is 89.0 Å². The minimum Gasteiger partial charge on any atom is -0.486 e. The Bertz CT molecular complexity index is 347. The molecule has 2 atom stereocenters. The van der Waals surface area contributed by atoms with Crippen LogP contribution in [0.25, 0.3) is 0 Å². The Balaban J connectivity index is 3.01. The molecule has 0 aliphatic heterocycles. The largest absolute Gasteiger partial charge is 0.486 e. The van der Waals surface area contributed by atoms with Gasteiger partial charge in [0.15, 0.2) is 0 Å². The minimum absolute atomic E-state index is 0.218. The zero-order valence-corrected chi connectivity index (χ0v) is 8.90. The van der Waals surface area contributed by atoms with Crippen LogP contribution in [0.3, 0.4) is 0 Å². The van der Waals surface area contributed by atoms with Crippen LogP contribution >= 0.6 is 0 Å². The normalized spacial score (nSPS) is 14.4. The monoisotopic (exact) mass is 210 g/mol. The van der Waals surface area contributed by atoms with Gasteiger partial charge in [0.05, 0.1) is 6.10 Å². The van der Waals surface area contributed by atoms with Gasteiger partial charge in [0.25, 0.3) is 0 Å². The third-order valence-electron chi connectivity index (χ3n) is 2.07. The lowest BCUT2D eigenvalue weighted by Crippen LogP contribution is -2.10. The standard InChI is InChI=1S/C12H15FO2/c1-4-8(2)15-12-7-10(13)5-6-11(12)9(3)14/h4-9,14H,1H2,2-3H3/t8?,9-/m0/s1. The van der Waals surface area contributed by atoms with Crippen molar-refractivity contribution in [3.05, 3.63) is 42.2 Å². The van der Waals surface area contributed by atoms with E-state index in [1.165, 1.54) is 18.2 Å². The predicted octanol–water partition coefficient (Wildman–Crippen LogP) is 2.83. The average Bonchev–Trinajstić information content (AvgIpc) is 2.17. The second kappa shape index (κ2) is 4.94. The van der Waals surface area contributed by atoms with Crippen LogP contribution in [0.1, 0.15) is 25.5 Å². The van der Waals surface area contributed by atoms with Gasteiger partial charge in [-0.3, -0.25) is 0 Å². The van der Waals surface area contributed by atoms with Gasteiger partial charge in [0.1, 0.15) is 17.7 Å². The second-order valence-corrected chi connectivity index (χ2v) is 3.42. The third kappa shape index (κ3) is 3.06. The molecule has 1 N–H and O–H groups in total. The van der Waals surface area contributed by atoms with Crippen LogP contribution in [0, 0.1) is 5.82 Å². The van der Waals surface area contributed by atoms with Gasteiger partial charge in [-0.25, -0.2) is 4.39 Å². The van der Waals surface area contributed by atoms with Crippen molar-refractivity contribution in [3.8, 4) is 5.75 Å². The van der Waals surface area contributed by atoms with E-state index in [1.54, 1.807) is 19.9 Å². The number of aliphatic hydroxyl groups is 1. The topological polar surface area (TPSA) is 29.5 Å². The lowest BCUT2D eigenvalue weighted by Gasteiger charge is -2.16. The Kier molecular flexibility index (Phi) is 3.86. The SMILES string of the molecule is C=CC(C)Oc1cc(F)ccc1[C@H](C)O. The molecule has 0 radical (unpaired) electrons. The van der Waals surface area contributed by atoms with Crippen LogP contribution in [0.2, 0.25) is 0 Å². The number of benzene rings is 1. The summed E-state index contributed by atoms with van der Waals surface area (Å²) in [7, 11) is 0. The summed E-state index contributed by atoms with van der Waals surface area (Å²) in [6.45, 7) is 6.98. The van der Waals surface area contributed by atoms with Crippen molar-refractivity contribution in [2.45, 2.75) is 26.1 Å². The highest BCUT2D eigenvalue weighted by Gasteiger charge is 2.11. The van der Waals surface area contributed by atoms with Gasteiger partial charge < -0.3 is 9.84 Å². The molecule has 0 saturated carbocycles. The van der Waals surface area contributed by atoms with Gasteiger partial charge in [0.2, 0.25) is 0 Å². The molecule has 1 aromatic rings. The maximum absolute atomic E-state index is 13.0. The van der Waals surface area contributed by atoms with E-state index >= 15 is 0 Å². The van der Waals surface area contributed by atoms with Crippen LogP contribution in [-0.2, 0) is 0 Å². The van der Waals surface area contributed by atoms with Crippen LogP contribution < -0.4 is 4.74 Å². The van der Waals surface area contributed by atoms with Crippen LogP contribution in [-0.4, -0.2) is 11.2 Å². The summed E-state index contributed by atoms with van der Waals surface area (Å²) in [6.07, 6.45) is 0.707. The molecule has 0 amide bonds. The lowest BCUT2D eigenvalue weighted by molar-refractivity contribution is 0.186. The van der Waals surface area contributed by atoms with Crippen LogP contribution in [0.4, 0.5) is 4.39 Å². The summed E-state index contributed by atoms with van der Waals surface area (Å²) < 4.78 is 18.4. The van der Waals surface area contributed by atoms with E-state index in [4.69, 9.17) is 4.74 Å². The van der Waals surface area contributed by atoms with Gasteiger partial charge in [0, 0.05) is 11.6 Å². The van der Waals surface area contributed by atoms with E-state index in [9.17, 15) is 9.50 Å². The van der Waals surface area contributed by atoms with Gasteiger partial charge in [-0.15, -0.1) is 0 Å². The molecule has 82 valence electrons. The van der Waals surface area contributed by atoms with Crippen molar-refractivity contribution in [3.63, 3.8) is 0 Å². The van der Waals surface area contributed by atoms with Gasteiger partial charge in [-0.1, -0.05) is 12.7 Å². The molecule has 0 saturated heterocycles. The minimum atomic E-state index is -0.683. The number of hydrogen-bond donors (Lipinski definition) is 1. The highest BCUT2D eigenvalue weighted by molar-refractivity contribution is 5.35. The molecule has 3 heteroatoms. The van der Waals surface area contributed by atoms with E-state index in [1.807, 2.05) is 0 Å². The Hall–Kier alpha value is -1.35. The molecule has 0 spiro atoms. The summed E-state index contributed by atoms with van der Waals surface area (Å²) in [5.41, 5.74) is 0.574. The summed E-state index contributed by atoms with van der Waals surface area (Å²) in [6, 6.07) is 4.08. The third-order valence-corrected chi connectivity index (χ3v) is 2.07. The molecule has 0 aliphatic carbocycles. The van der Waals surface area contributed by atoms with Gasteiger partial charge >= 0.3 is 0 Å². The molecule has 0 fully saturated rings. The zero-order chi connectivity index (χ0) is 11.4. The summed E-state index contributed by atoms with van der Waals surface area (Å²) in [5.74, 6) is -0.0249. The zero-order valence-electron chi connectivity index (χ0n) is 8.90. The maximum atomic E-state index is 13.0. The molecule has 1 rings (SSSR count). The predicted molar refractivity (Wildman–Crippen MR) is 57.3 cm³/mol. The first-order chi connectivity index (χ1) is 7.04. The highest BCUT2D eigenvalue weighted by atomic mass is 19.1. The first kappa shape index (κ1) is 11.7. The fourth-order valence-electron chi connectivity index (χ4n) is 1.20. The summed E-state index contributed by atoms with van der Waals surface area (Å²) >= 11 is 0. The smallest absolute Gasteiger partial charge is 0.128 e. The van der Waals surface area contributed by atoms with Gasteiger partial charge in [-0.2, -0.15) is 0 Å². The Morgan fingerprint density at radius 3 is 2.67 bits per heavy atom. The summed E-state index contributed by atoms with van der Waals surface area (Å²) in [4.78, 5) is 0. The van der Waals surface area contributed by atoms with Crippen LogP contribution in [0.15, 0.2) is 30.9 Å². The lowest BCUT2D eigenvalue weighted by atomic mass is 10.1. The van der Waals surface area contributed by atoms with Crippen molar-refractivity contribution < 1.29 is 14.2 Å². The molecule has 0 heterocycles. The molecular weight excluding hydrogens is 195 g/mol. The second-order valence-electron chi connectivity index (χ2n) is 3.42. The number of rotatable bonds is 4. The number of halogens is 1. The summed E-state index contributed by atoms with van der Waals surface area (Å²) in [5, 5.41) is 9.45. The van der Waals surface area contributed by atoms with Crippen molar-refractivity contribution in [1.29, 1.82) is 0 Å². The molecule has 0 aromatic heterocycles. The Morgan fingerprint density at radius 1 is 1.47 bits per heavy atom. The number of aliphatic hydroxyl groups excluding tert-OH is 1. The van der Waals surface area contributed by atoms with E-state index in [2.05, 4.69) is 6.58 Å². The van der Waals surface area contributed by atoms with E-state index in [0.717, 1.165) is 0 Å². The fourth-order valence-corrected chi connectivity index (χ4v) is 1.20. The number of ether oxygens (including phenoxy) is 1. The average molecular weight is 210 g/mol. The van der Waals surface area contributed by atoms with Crippen molar-refractivity contribution in [2.24, 2.45) is 0 Å². The van der Waals surface area contributed by atoms with Crippen molar-refractivity contribution in [2.75, 3.05) is 0 Å². The number of hydrogen-bond acceptors (Lipinski definition) is 2. The molecule has 2 nitrogen and oxygen atoms in total. The van der Waals surface area contributed by atoms with E-state index in [0.29, 0.717) is 11.3 Å². The molecule has 1 aromatic carbocycles. The molecular formula is C12H15FO2. The Morgan fingerprint density at radius 2 is 2.13 bits per heavy atom. The quantitative estimate of drug-likeness (QED) is 0.774. The van der Waals surface area contributed by atoms with E-state index in [-0.39, 0.29) is 11.9 Å². The molecule has 0 aliphatic rings. The highest BCUT2D eigenvalue weighted by Crippen LogP contribution is 2.26. The molecule has 0 bridgehead atoms. The first-order valence-corrected chi connectivity index (χ1v) is 4.81. The van der Waals surface area contributed by atoms with Crippen molar-refractivity contribution >= 4 is 0 Å². The fraction of sp³-hybridized carbons (Fsp3) is 0.333. The maximum Gasteiger partial charge on any atom is 0.128 e. The molecule has 15 heavy (non-hydrogen) atoms. The van der Waals surface area contributed by atoms with Gasteiger partial charge in [-0.05, 0) is 26.0 Å².